The maximum absolute atomic E-state index is 12.7. The number of anilines is 1. The Hall–Kier alpha value is -2.66. The lowest BCUT2D eigenvalue weighted by molar-refractivity contribution is -0.113. The standard InChI is InChI=1S/C22H28N4O5S2/c1-5-11-26-18(14-9-7-6-8-10-14)24-25-22(26)32-12-15(27)23-19-16(20(28)30-3)13(2)17(33-19)21(29)31-4/h5,14H,1,6-12H2,2-4H3,(H,23,27). The van der Waals surface area contributed by atoms with Crippen LogP contribution in [0.4, 0.5) is 5.00 Å². The molecular weight excluding hydrogens is 464 g/mol. The van der Waals surface area contributed by atoms with Crippen LogP contribution in [0.1, 0.15) is 69.4 Å². The first-order valence-electron chi connectivity index (χ1n) is 10.7. The van der Waals surface area contributed by atoms with Crippen LogP contribution in [0.15, 0.2) is 17.8 Å². The van der Waals surface area contributed by atoms with Crippen LogP contribution in [0, 0.1) is 6.92 Å². The predicted molar refractivity (Wildman–Crippen MR) is 127 cm³/mol. The number of nitrogens with one attached hydrogen (secondary N) is 1. The Balaban J connectivity index is 1.74. The summed E-state index contributed by atoms with van der Waals surface area (Å²) in [5.74, 6) is -0.166. The van der Waals surface area contributed by atoms with E-state index in [9.17, 15) is 14.4 Å². The number of methoxy groups -OCH3 is 2. The molecule has 0 aliphatic heterocycles. The molecule has 11 heteroatoms. The molecular formula is C22H28N4O5S2. The molecule has 0 saturated heterocycles. The maximum Gasteiger partial charge on any atom is 0.348 e. The summed E-state index contributed by atoms with van der Waals surface area (Å²) in [6.07, 6.45) is 7.61. The number of carbonyl (C=O) groups is 3. The first-order valence-corrected chi connectivity index (χ1v) is 12.5. The van der Waals surface area contributed by atoms with Gasteiger partial charge in [-0.15, -0.1) is 28.1 Å². The van der Waals surface area contributed by atoms with Crippen LogP contribution in [-0.4, -0.2) is 52.6 Å². The summed E-state index contributed by atoms with van der Waals surface area (Å²) in [4.78, 5) is 37.2. The summed E-state index contributed by atoms with van der Waals surface area (Å²) in [5, 5.41) is 12.4. The van der Waals surface area contributed by atoms with Crippen molar-refractivity contribution in [2.75, 3.05) is 25.3 Å². The number of rotatable bonds is 9. The van der Waals surface area contributed by atoms with E-state index in [4.69, 9.17) is 9.47 Å². The normalized spacial score (nSPS) is 14.0. The number of carbonyl (C=O) groups excluding carboxylic acids is 3. The van der Waals surface area contributed by atoms with Crippen LogP contribution >= 0.6 is 23.1 Å². The minimum absolute atomic E-state index is 0.0606. The number of allylic oxidation sites excluding steroid dienone is 1. The monoisotopic (exact) mass is 492 g/mol. The van der Waals surface area contributed by atoms with Crippen LogP contribution in [0.2, 0.25) is 0 Å². The van der Waals surface area contributed by atoms with Crippen molar-refractivity contribution >= 4 is 45.9 Å². The highest BCUT2D eigenvalue weighted by molar-refractivity contribution is 7.99. The van der Waals surface area contributed by atoms with Gasteiger partial charge >= 0.3 is 11.9 Å². The van der Waals surface area contributed by atoms with E-state index in [0.29, 0.717) is 23.2 Å². The Morgan fingerprint density at radius 3 is 2.52 bits per heavy atom. The fourth-order valence-electron chi connectivity index (χ4n) is 3.90. The van der Waals surface area contributed by atoms with Crippen LogP contribution in [0.5, 0.6) is 0 Å². The molecule has 33 heavy (non-hydrogen) atoms. The smallest absolute Gasteiger partial charge is 0.348 e. The Morgan fingerprint density at radius 1 is 1.18 bits per heavy atom. The third kappa shape index (κ3) is 5.64. The lowest BCUT2D eigenvalue weighted by atomic mass is 9.89. The van der Waals surface area contributed by atoms with E-state index in [1.165, 1.54) is 45.2 Å². The van der Waals surface area contributed by atoms with Crippen molar-refractivity contribution in [1.82, 2.24) is 14.8 Å². The van der Waals surface area contributed by atoms with E-state index in [1.807, 2.05) is 4.57 Å². The van der Waals surface area contributed by atoms with Gasteiger partial charge in [0.1, 0.15) is 15.7 Å². The summed E-state index contributed by atoms with van der Waals surface area (Å²) in [7, 11) is 2.50. The van der Waals surface area contributed by atoms with Crippen molar-refractivity contribution in [2.24, 2.45) is 0 Å². The SMILES string of the molecule is C=CCn1c(SCC(=O)Nc2sc(C(=O)OC)c(C)c2C(=O)OC)nnc1C1CCCCC1. The largest absolute Gasteiger partial charge is 0.465 e. The van der Waals surface area contributed by atoms with Gasteiger partial charge in [0.15, 0.2) is 5.16 Å². The Labute approximate surface area is 200 Å². The molecule has 178 valence electrons. The minimum atomic E-state index is -0.635. The molecule has 0 bridgehead atoms. The zero-order valence-corrected chi connectivity index (χ0v) is 20.6. The fraction of sp³-hybridized carbons (Fsp3) is 0.500. The lowest BCUT2D eigenvalue weighted by Gasteiger charge is -2.21. The number of esters is 2. The topological polar surface area (TPSA) is 112 Å². The third-order valence-electron chi connectivity index (χ3n) is 5.52. The van der Waals surface area contributed by atoms with Gasteiger partial charge in [-0.2, -0.15) is 0 Å². The van der Waals surface area contributed by atoms with Gasteiger partial charge in [0, 0.05) is 12.5 Å². The van der Waals surface area contributed by atoms with E-state index in [-0.39, 0.29) is 27.1 Å². The summed E-state index contributed by atoms with van der Waals surface area (Å²) in [5.41, 5.74) is 0.556. The highest BCUT2D eigenvalue weighted by atomic mass is 32.2. The average molecular weight is 493 g/mol. The summed E-state index contributed by atoms with van der Waals surface area (Å²) >= 11 is 2.25. The first-order chi connectivity index (χ1) is 15.9. The minimum Gasteiger partial charge on any atom is -0.465 e. The van der Waals surface area contributed by atoms with Gasteiger partial charge < -0.3 is 19.4 Å². The zero-order valence-electron chi connectivity index (χ0n) is 19.0. The van der Waals surface area contributed by atoms with Gasteiger partial charge in [0.2, 0.25) is 5.91 Å². The van der Waals surface area contributed by atoms with E-state index >= 15 is 0 Å². The number of hydrogen-bond acceptors (Lipinski definition) is 9. The van der Waals surface area contributed by atoms with Crippen LogP contribution in [0.25, 0.3) is 0 Å². The highest BCUT2D eigenvalue weighted by Gasteiger charge is 2.27. The fourth-order valence-corrected chi connectivity index (χ4v) is 5.78. The molecule has 3 rings (SSSR count). The van der Waals surface area contributed by atoms with E-state index < -0.39 is 11.9 Å². The average Bonchev–Trinajstić information content (AvgIpc) is 3.38. The molecule has 2 aromatic heterocycles. The summed E-state index contributed by atoms with van der Waals surface area (Å²) in [6.45, 7) is 6.02. The molecule has 9 nitrogen and oxygen atoms in total. The van der Waals surface area contributed by atoms with Crippen LogP contribution < -0.4 is 5.32 Å². The molecule has 2 aromatic rings. The van der Waals surface area contributed by atoms with Gasteiger partial charge in [-0.1, -0.05) is 37.1 Å². The number of nitrogens with zero attached hydrogens (tertiary/aromatic N) is 3. The van der Waals surface area contributed by atoms with Crippen molar-refractivity contribution in [2.45, 2.75) is 56.6 Å². The molecule has 1 N–H and O–H groups in total. The molecule has 0 unspecified atom stereocenters. The molecule has 0 atom stereocenters. The predicted octanol–water partition coefficient (Wildman–Crippen LogP) is 4.19. The molecule has 0 aromatic carbocycles. The second kappa shape index (κ2) is 11.5. The van der Waals surface area contributed by atoms with Crippen LogP contribution in [-0.2, 0) is 20.8 Å². The molecule has 2 heterocycles. The Kier molecular flexibility index (Phi) is 8.67. The second-order valence-electron chi connectivity index (χ2n) is 7.66. The Morgan fingerprint density at radius 2 is 1.88 bits per heavy atom. The van der Waals surface area contributed by atoms with Crippen molar-refractivity contribution in [3.63, 3.8) is 0 Å². The molecule has 1 aliphatic carbocycles. The highest BCUT2D eigenvalue weighted by Crippen LogP contribution is 2.35. The lowest BCUT2D eigenvalue weighted by Crippen LogP contribution is -2.17. The van der Waals surface area contributed by atoms with Crippen molar-refractivity contribution in [3.8, 4) is 0 Å². The van der Waals surface area contributed by atoms with Crippen LogP contribution in [0.3, 0.4) is 0 Å². The first kappa shape index (κ1) is 25.0. The third-order valence-corrected chi connectivity index (χ3v) is 7.67. The van der Waals surface area contributed by atoms with Crippen molar-refractivity contribution < 1.29 is 23.9 Å². The van der Waals surface area contributed by atoms with Gasteiger partial charge in [0.05, 0.1) is 25.5 Å². The van der Waals surface area contributed by atoms with E-state index in [2.05, 4.69) is 22.1 Å². The van der Waals surface area contributed by atoms with E-state index in [0.717, 1.165) is 30.0 Å². The quantitative estimate of drug-likeness (QED) is 0.315. The number of hydrogen-bond donors (Lipinski definition) is 1. The number of amides is 1. The van der Waals surface area contributed by atoms with Gasteiger partial charge in [-0.25, -0.2) is 9.59 Å². The molecule has 0 spiro atoms. The number of ether oxygens (including phenoxy) is 2. The van der Waals surface area contributed by atoms with Crippen molar-refractivity contribution in [1.29, 1.82) is 0 Å². The molecule has 1 amide bonds. The molecule has 1 aliphatic rings. The molecule has 1 saturated carbocycles. The molecule has 1 fully saturated rings. The van der Waals surface area contributed by atoms with Gasteiger partial charge in [-0.3, -0.25) is 4.79 Å². The van der Waals surface area contributed by atoms with Gasteiger partial charge in [-0.05, 0) is 25.3 Å². The van der Waals surface area contributed by atoms with E-state index in [1.54, 1.807) is 13.0 Å². The second-order valence-corrected chi connectivity index (χ2v) is 9.62. The number of thiophene rings is 1. The zero-order chi connectivity index (χ0) is 24.0. The Bertz CT molecular complexity index is 1040. The van der Waals surface area contributed by atoms with Crippen molar-refractivity contribution in [3.05, 3.63) is 34.5 Å². The molecule has 0 radical (unpaired) electrons. The number of thioether (sulfide) groups is 1. The van der Waals surface area contributed by atoms with Gasteiger partial charge in [0.25, 0.3) is 0 Å². The number of aromatic nitrogens is 3. The maximum atomic E-state index is 12.7. The summed E-state index contributed by atoms with van der Waals surface area (Å²) in [6, 6.07) is 0. The summed E-state index contributed by atoms with van der Waals surface area (Å²) < 4.78 is 11.6.